The number of ether oxygens (including phenoxy) is 1. The molecule has 1 aliphatic heterocycles. The Morgan fingerprint density at radius 2 is 2.32 bits per heavy atom. The molecule has 106 valence electrons. The largest absolute Gasteiger partial charge is 0.373 e. The van der Waals surface area contributed by atoms with Crippen LogP contribution >= 0.6 is 11.6 Å². The fourth-order valence-electron chi connectivity index (χ4n) is 2.22. The van der Waals surface area contributed by atoms with E-state index in [0.717, 1.165) is 0 Å². The smallest absolute Gasteiger partial charge is 0.293 e. The van der Waals surface area contributed by atoms with Crippen molar-refractivity contribution in [1.29, 1.82) is 0 Å². The number of hydrogen-bond donors (Lipinski definition) is 0. The van der Waals surface area contributed by atoms with E-state index in [9.17, 15) is 4.79 Å². The fraction of sp³-hybridized carbons (Fsp3) is 0.692. The van der Waals surface area contributed by atoms with Crippen LogP contribution in [0.25, 0.3) is 0 Å². The lowest BCUT2D eigenvalue weighted by atomic mass is 10.2. The number of hydrogen-bond acceptors (Lipinski definition) is 4. The van der Waals surface area contributed by atoms with Crippen molar-refractivity contribution in [1.82, 2.24) is 9.55 Å². The average molecular weight is 286 g/mol. The predicted molar refractivity (Wildman–Crippen MR) is 76.2 cm³/mol. The summed E-state index contributed by atoms with van der Waals surface area (Å²) in [6, 6.07) is 0.247. The highest BCUT2D eigenvalue weighted by molar-refractivity contribution is 6.18. The number of morpholine rings is 1. The van der Waals surface area contributed by atoms with Gasteiger partial charge >= 0.3 is 0 Å². The lowest BCUT2D eigenvalue weighted by Gasteiger charge is -2.37. The second-order valence-corrected chi connectivity index (χ2v) is 5.48. The first kappa shape index (κ1) is 14.3. The Balaban J connectivity index is 2.35. The molecule has 0 aliphatic carbocycles. The molecule has 19 heavy (non-hydrogen) atoms. The standard InChI is InChI=1S/C13H20ClN3O2/c1-9(2)16-5-4-15-12(13(16)18)17-7-11(6-14)19-8-10(17)3/h4-5,9-11H,6-8H2,1-3H3. The summed E-state index contributed by atoms with van der Waals surface area (Å²) in [6.45, 7) is 7.16. The SMILES string of the molecule is CC1COC(CCl)CN1c1nccn(C(C)C)c1=O. The molecule has 2 rings (SSSR count). The molecule has 0 radical (unpaired) electrons. The molecule has 2 atom stereocenters. The first-order valence-corrected chi connectivity index (χ1v) is 7.09. The van der Waals surface area contributed by atoms with Gasteiger partial charge in [-0.05, 0) is 20.8 Å². The molecule has 0 N–H and O–H groups in total. The van der Waals surface area contributed by atoms with Gasteiger partial charge in [0, 0.05) is 25.0 Å². The van der Waals surface area contributed by atoms with Gasteiger partial charge in [-0.15, -0.1) is 11.6 Å². The summed E-state index contributed by atoms with van der Waals surface area (Å²) in [5.41, 5.74) is -0.0560. The molecule has 1 aromatic rings. The highest BCUT2D eigenvalue weighted by atomic mass is 35.5. The van der Waals surface area contributed by atoms with E-state index in [1.807, 2.05) is 25.7 Å². The highest BCUT2D eigenvalue weighted by Crippen LogP contribution is 2.17. The Kier molecular flexibility index (Phi) is 4.47. The van der Waals surface area contributed by atoms with Crippen molar-refractivity contribution in [3.05, 3.63) is 22.7 Å². The van der Waals surface area contributed by atoms with Crippen LogP contribution < -0.4 is 10.5 Å². The Morgan fingerprint density at radius 3 is 2.95 bits per heavy atom. The second kappa shape index (κ2) is 5.92. The van der Waals surface area contributed by atoms with Gasteiger partial charge in [0.2, 0.25) is 0 Å². The van der Waals surface area contributed by atoms with Crippen LogP contribution in [0.15, 0.2) is 17.2 Å². The first-order valence-electron chi connectivity index (χ1n) is 6.56. The maximum atomic E-state index is 12.4. The molecule has 1 saturated heterocycles. The maximum Gasteiger partial charge on any atom is 0.293 e. The molecule has 1 aromatic heterocycles. The van der Waals surface area contributed by atoms with Crippen molar-refractivity contribution in [2.24, 2.45) is 0 Å². The monoisotopic (exact) mass is 285 g/mol. The zero-order chi connectivity index (χ0) is 14.0. The van der Waals surface area contributed by atoms with Crippen LogP contribution in [-0.2, 0) is 4.74 Å². The highest BCUT2D eigenvalue weighted by Gasteiger charge is 2.28. The van der Waals surface area contributed by atoms with Gasteiger partial charge in [-0.3, -0.25) is 4.79 Å². The number of alkyl halides is 1. The summed E-state index contributed by atoms with van der Waals surface area (Å²) in [7, 11) is 0. The molecule has 0 saturated carbocycles. The van der Waals surface area contributed by atoms with Crippen molar-refractivity contribution in [2.75, 3.05) is 23.9 Å². The van der Waals surface area contributed by atoms with Crippen molar-refractivity contribution < 1.29 is 4.74 Å². The normalized spacial score (nSPS) is 23.9. The van der Waals surface area contributed by atoms with E-state index >= 15 is 0 Å². The third-order valence-corrected chi connectivity index (χ3v) is 3.70. The topological polar surface area (TPSA) is 47.4 Å². The van der Waals surface area contributed by atoms with E-state index in [-0.39, 0.29) is 23.7 Å². The summed E-state index contributed by atoms with van der Waals surface area (Å²) >= 11 is 5.85. The lowest BCUT2D eigenvalue weighted by Crippen LogP contribution is -2.51. The molecule has 0 spiro atoms. The Bertz CT molecular complexity index is 489. The molecule has 5 nitrogen and oxygen atoms in total. The minimum atomic E-state index is -0.0560. The first-order chi connectivity index (χ1) is 9.04. The van der Waals surface area contributed by atoms with Crippen LogP contribution in [0.2, 0.25) is 0 Å². The Morgan fingerprint density at radius 1 is 1.58 bits per heavy atom. The van der Waals surface area contributed by atoms with Crippen molar-refractivity contribution in [2.45, 2.75) is 39.0 Å². The van der Waals surface area contributed by atoms with E-state index in [4.69, 9.17) is 16.3 Å². The molecular weight excluding hydrogens is 266 g/mol. The van der Waals surface area contributed by atoms with E-state index < -0.39 is 0 Å². The number of halogens is 1. The molecule has 6 heteroatoms. The number of rotatable bonds is 3. The van der Waals surface area contributed by atoms with Gasteiger partial charge in [0.25, 0.3) is 5.56 Å². The van der Waals surface area contributed by atoms with Crippen molar-refractivity contribution >= 4 is 17.4 Å². The van der Waals surface area contributed by atoms with E-state index in [1.165, 1.54) is 0 Å². The molecule has 2 unspecified atom stereocenters. The second-order valence-electron chi connectivity index (χ2n) is 5.17. The summed E-state index contributed by atoms with van der Waals surface area (Å²) in [5, 5.41) is 0. The zero-order valence-corrected chi connectivity index (χ0v) is 12.3. The number of aromatic nitrogens is 2. The Labute approximate surface area is 118 Å². The van der Waals surface area contributed by atoms with Gasteiger partial charge in [-0.2, -0.15) is 0 Å². The summed E-state index contributed by atoms with van der Waals surface area (Å²) in [6.07, 6.45) is 3.35. The van der Waals surface area contributed by atoms with Crippen LogP contribution in [0, 0.1) is 0 Å². The quantitative estimate of drug-likeness (QED) is 0.793. The molecule has 0 amide bonds. The predicted octanol–water partition coefficient (Wildman–Crippen LogP) is 1.66. The number of anilines is 1. The third-order valence-electron chi connectivity index (χ3n) is 3.36. The minimum absolute atomic E-state index is 0.0493. The van der Waals surface area contributed by atoms with Crippen molar-refractivity contribution in [3.63, 3.8) is 0 Å². The van der Waals surface area contributed by atoms with Gasteiger partial charge < -0.3 is 14.2 Å². The zero-order valence-electron chi connectivity index (χ0n) is 11.5. The molecule has 1 fully saturated rings. The van der Waals surface area contributed by atoms with Gasteiger partial charge in [-0.1, -0.05) is 0 Å². The summed E-state index contributed by atoms with van der Waals surface area (Å²) < 4.78 is 7.29. The van der Waals surface area contributed by atoms with Crippen LogP contribution in [0.4, 0.5) is 5.82 Å². The Hall–Kier alpha value is -1.07. The van der Waals surface area contributed by atoms with Crippen molar-refractivity contribution in [3.8, 4) is 0 Å². The van der Waals surface area contributed by atoms with Gasteiger partial charge in [0.1, 0.15) is 0 Å². The lowest BCUT2D eigenvalue weighted by molar-refractivity contribution is 0.0360. The molecular formula is C13H20ClN3O2. The third kappa shape index (κ3) is 2.92. The molecule has 2 heterocycles. The number of nitrogens with zero attached hydrogens (tertiary/aromatic N) is 3. The maximum absolute atomic E-state index is 12.4. The van der Waals surface area contributed by atoms with Crippen LogP contribution in [0.5, 0.6) is 0 Å². The van der Waals surface area contributed by atoms with E-state index in [2.05, 4.69) is 4.98 Å². The molecule has 0 bridgehead atoms. The fourth-order valence-corrected chi connectivity index (χ4v) is 2.41. The van der Waals surface area contributed by atoms with Gasteiger partial charge in [0.05, 0.1) is 24.6 Å². The summed E-state index contributed by atoms with van der Waals surface area (Å²) in [5.74, 6) is 0.913. The van der Waals surface area contributed by atoms with Crippen LogP contribution in [-0.4, -0.2) is 40.7 Å². The summed E-state index contributed by atoms with van der Waals surface area (Å²) in [4.78, 5) is 18.7. The van der Waals surface area contributed by atoms with Crippen LogP contribution in [0.1, 0.15) is 26.8 Å². The van der Waals surface area contributed by atoms with Gasteiger partial charge in [0.15, 0.2) is 5.82 Å². The average Bonchev–Trinajstić information content (AvgIpc) is 2.39. The van der Waals surface area contributed by atoms with Gasteiger partial charge in [-0.25, -0.2) is 4.98 Å². The van der Waals surface area contributed by atoms with E-state index in [0.29, 0.717) is 24.8 Å². The van der Waals surface area contributed by atoms with Crippen LogP contribution in [0.3, 0.4) is 0 Å². The molecule has 0 aromatic carbocycles. The minimum Gasteiger partial charge on any atom is -0.373 e. The molecule has 1 aliphatic rings. The van der Waals surface area contributed by atoms with E-state index in [1.54, 1.807) is 17.0 Å².